The van der Waals surface area contributed by atoms with Crippen molar-refractivity contribution in [1.29, 1.82) is 0 Å². The molecule has 0 aliphatic carbocycles. The second kappa shape index (κ2) is 7.88. The largest absolute Gasteiger partial charge is 0.350 e. The predicted molar refractivity (Wildman–Crippen MR) is 91.2 cm³/mol. The number of benzene rings is 2. The van der Waals surface area contributed by atoms with Crippen molar-refractivity contribution in [2.75, 3.05) is 7.05 Å². The number of hydrogen-bond acceptors (Lipinski definition) is 2. The lowest BCUT2D eigenvalue weighted by molar-refractivity contribution is 0.0781. The summed E-state index contributed by atoms with van der Waals surface area (Å²) in [5.41, 5.74) is 0.611. The van der Waals surface area contributed by atoms with Crippen LogP contribution in [0.5, 0.6) is 0 Å². The topological polar surface area (TPSA) is 49.4 Å². The zero-order valence-corrected chi connectivity index (χ0v) is 14.3. The second-order valence-electron chi connectivity index (χ2n) is 6.07. The van der Waals surface area contributed by atoms with Crippen molar-refractivity contribution in [2.45, 2.75) is 26.4 Å². The van der Waals surface area contributed by atoms with Gasteiger partial charge in [-0.1, -0.05) is 6.07 Å². The average Bonchev–Trinajstić information content (AvgIpc) is 2.57. The average molecular weight is 346 g/mol. The van der Waals surface area contributed by atoms with Crippen LogP contribution in [-0.4, -0.2) is 29.8 Å². The molecule has 2 aromatic carbocycles. The van der Waals surface area contributed by atoms with E-state index in [1.807, 2.05) is 13.8 Å². The van der Waals surface area contributed by atoms with E-state index in [1.54, 1.807) is 12.1 Å². The summed E-state index contributed by atoms with van der Waals surface area (Å²) in [7, 11) is 1.47. The van der Waals surface area contributed by atoms with Crippen LogP contribution in [-0.2, 0) is 6.54 Å². The molecule has 132 valence electrons. The Morgan fingerprint density at radius 1 is 1.00 bits per heavy atom. The van der Waals surface area contributed by atoms with Crippen LogP contribution >= 0.6 is 0 Å². The van der Waals surface area contributed by atoms with E-state index in [4.69, 9.17) is 0 Å². The molecule has 0 heterocycles. The molecule has 0 aliphatic heterocycles. The van der Waals surface area contributed by atoms with E-state index in [0.717, 1.165) is 12.1 Å². The van der Waals surface area contributed by atoms with Gasteiger partial charge in [0.1, 0.15) is 11.6 Å². The summed E-state index contributed by atoms with van der Waals surface area (Å²) < 4.78 is 27.4. The van der Waals surface area contributed by atoms with Gasteiger partial charge >= 0.3 is 0 Å². The smallest absolute Gasteiger partial charge is 0.253 e. The number of carbonyl (C=O) groups is 2. The maximum Gasteiger partial charge on any atom is 0.253 e. The van der Waals surface area contributed by atoms with Gasteiger partial charge in [-0.2, -0.15) is 0 Å². The highest BCUT2D eigenvalue weighted by Crippen LogP contribution is 2.16. The molecule has 0 saturated carbocycles. The van der Waals surface area contributed by atoms with Crippen molar-refractivity contribution in [3.8, 4) is 0 Å². The van der Waals surface area contributed by atoms with Crippen molar-refractivity contribution in [3.63, 3.8) is 0 Å². The predicted octanol–water partition coefficient (Wildman–Crippen LogP) is 3.38. The number of nitrogens with zero attached hydrogens (tertiary/aromatic N) is 1. The summed E-state index contributed by atoms with van der Waals surface area (Å²) in [5.74, 6) is -2.00. The van der Waals surface area contributed by atoms with Gasteiger partial charge in [-0.15, -0.1) is 0 Å². The Bertz CT molecular complexity index is 753. The zero-order chi connectivity index (χ0) is 18.6. The van der Waals surface area contributed by atoms with Gasteiger partial charge in [0.2, 0.25) is 0 Å². The number of carbonyl (C=O) groups excluding carboxylic acids is 2. The third kappa shape index (κ3) is 4.62. The van der Waals surface area contributed by atoms with Gasteiger partial charge in [0.15, 0.2) is 0 Å². The Kier molecular flexibility index (Phi) is 5.85. The molecule has 0 fully saturated rings. The fourth-order valence-electron chi connectivity index (χ4n) is 2.32. The highest BCUT2D eigenvalue weighted by Gasteiger charge is 2.17. The van der Waals surface area contributed by atoms with E-state index >= 15 is 0 Å². The molecule has 0 saturated heterocycles. The fraction of sp³-hybridized carbons (Fsp3) is 0.263. The molecule has 2 rings (SSSR count). The van der Waals surface area contributed by atoms with Crippen molar-refractivity contribution in [3.05, 3.63) is 70.8 Å². The minimum Gasteiger partial charge on any atom is -0.350 e. The molecule has 0 bridgehead atoms. The maximum absolute atomic E-state index is 13.7. The van der Waals surface area contributed by atoms with E-state index in [0.29, 0.717) is 11.1 Å². The molecule has 25 heavy (non-hydrogen) atoms. The third-order valence-electron chi connectivity index (χ3n) is 3.62. The summed E-state index contributed by atoms with van der Waals surface area (Å²) in [6, 6.07) is 9.72. The Balaban J connectivity index is 2.11. The van der Waals surface area contributed by atoms with Crippen molar-refractivity contribution in [1.82, 2.24) is 10.2 Å². The quantitative estimate of drug-likeness (QED) is 0.902. The van der Waals surface area contributed by atoms with Crippen LogP contribution in [0.25, 0.3) is 0 Å². The van der Waals surface area contributed by atoms with Crippen LogP contribution in [0.15, 0.2) is 42.5 Å². The molecule has 0 radical (unpaired) electrons. The summed E-state index contributed by atoms with van der Waals surface area (Å²) in [5, 5.41) is 2.76. The maximum atomic E-state index is 13.7. The van der Waals surface area contributed by atoms with E-state index in [1.165, 1.54) is 30.1 Å². The van der Waals surface area contributed by atoms with Crippen molar-refractivity contribution >= 4 is 11.8 Å². The van der Waals surface area contributed by atoms with Crippen molar-refractivity contribution < 1.29 is 18.4 Å². The third-order valence-corrected chi connectivity index (χ3v) is 3.62. The first-order chi connectivity index (χ1) is 11.8. The number of rotatable bonds is 5. The molecular weight excluding hydrogens is 326 g/mol. The monoisotopic (exact) mass is 346 g/mol. The van der Waals surface area contributed by atoms with Crippen LogP contribution < -0.4 is 5.32 Å². The van der Waals surface area contributed by atoms with E-state index in [-0.39, 0.29) is 24.1 Å². The van der Waals surface area contributed by atoms with Crippen LogP contribution in [0.2, 0.25) is 0 Å². The van der Waals surface area contributed by atoms with E-state index in [9.17, 15) is 18.4 Å². The lowest BCUT2D eigenvalue weighted by Crippen LogP contribution is -2.30. The fourth-order valence-corrected chi connectivity index (χ4v) is 2.32. The van der Waals surface area contributed by atoms with Gasteiger partial charge in [-0.3, -0.25) is 9.59 Å². The van der Waals surface area contributed by atoms with Gasteiger partial charge in [0.05, 0.1) is 6.54 Å². The first kappa shape index (κ1) is 18.6. The van der Waals surface area contributed by atoms with E-state index in [2.05, 4.69) is 5.32 Å². The Hall–Kier alpha value is -2.76. The molecule has 0 spiro atoms. The summed E-state index contributed by atoms with van der Waals surface area (Å²) >= 11 is 0. The van der Waals surface area contributed by atoms with Crippen LogP contribution in [0.3, 0.4) is 0 Å². The molecule has 2 aromatic rings. The molecule has 2 amide bonds. The first-order valence-electron chi connectivity index (χ1n) is 7.89. The minimum atomic E-state index is -0.694. The molecule has 1 N–H and O–H groups in total. The van der Waals surface area contributed by atoms with Crippen LogP contribution in [0.1, 0.15) is 40.1 Å². The number of halogens is 2. The van der Waals surface area contributed by atoms with Crippen LogP contribution in [0.4, 0.5) is 8.78 Å². The van der Waals surface area contributed by atoms with Crippen molar-refractivity contribution in [2.24, 2.45) is 0 Å². The first-order valence-corrected chi connectivity index (χ1v) is 7.89. The molecule has 4 nitrogen and oxygen atoms in total. The van der Waals surface area contributed by atoms with Gasteiger partial charge < -0.3 is 10.2 Å². The van der Waals surface area contributed by atoms with E-state index < -0.39 is 17.5 Å². The molecule has 0 aromatic heterocycles. The standard InChI is InChI=1S/C19H20F2N2O2/c1-12(2)22-18(24)13-7-9-14(10-8-13)19(25)23(3)11-15-16(20)5-4-6-17(15)21/h4-10,12H,11H2,1-3H3,(H,22,24). The summed E-state index contributed by atoms with van der Waals surface area (Å²) in [6.45, 7) is 3.52. The summed E-state index contributed by atoms with van der Waals surface area (Å²) in [4.78, 5) is 25.5. The molecule has 0 unspecified atom stereocenters. The Labute approximate surface area is 145 Å². The highest BCUT2D eigenvalue weighted by atomic mass is 19.1. The number of hydrogen-bond donors (Lipinski definition) is 1. The minimum absolute atomic E-state index is 0.00982. The zero-order valence-electron chi connectivity index (χ0n) is 14.3. The highest BCUT2D eigenvalue weighted by molar-refractivity contribution is 5.97. The normalized spacial score (nSPS) is 10.6. The molecule has 6 heteroatoms. The second-order valence-corrected chi connectivity index (χ2v) is 6.07. The van der Waals surface area contributed by atoms with Gasteiger partial charge in [0.25, 0.3) is 11.8 Å². The SMILES string of the molecule is CC(C)NC(=O)c1ccc(C(=O)N(C)Cc2c(F)cccc2F)cc1. The molecule has 0 atom stereocenters. The van der Waals surface area contributed by atoms with Gasteiger partial charge in [0, 0.05) is 29.8 Å². The molecule has 0 aliphatic rings. The number of nitrogens with one attached hydrogen (secondary N) is 1. The van der Waals surface area contributed by atoms with Crippen LogP contribution in [0, 0.1) is 11.6 Å². The lowest BCUT2D eigenvalue weighted by Gasteiger charge is -2.18. The number of amides is 2. The Morgan fingerprint density at radius 2 is 1.52 bits per heavy atom. The Morgan fingerprint density at radius 3 is 2.04 bits per heavy atom. The lowest BCUT2D eigenvalue weighted by atomic mass is 10.1. The van der Waals surface area contributed by atoms with Gasteiger partial charge in [-0.05, 0) is 50.2 Å². The van der Waals surface area contributed by atoms with Gasteiger partial charge in [-0.25, -0.2) is 8.78 Å². The molecular formula is C19H20F2N2O2. The summed E-state index contributed by atoms with van der Waals surface area (Å²) in [6.07, 6.45) is 0.